The molecule has 40 heavy (non-hydrogen) atoms. The van der Waals surface area contributed by atoms with Crippen LogP contribution in [0.15, 0.2) is 58.9 Å². The molecule has 2 aromatic rings. The van der Waals surface area contributed by atoms with E-state index in [1.165, 1.54) is 0 Å². The van der Waals surface area contributed by atoms with E-state index in [1.807, 2.05) is 44.2 Å². The van der Waals surface area contributed by atoms with Gasteiger partial charge in [-0.25, -0.2) is 0 Å². The van der Waals surface area contributed by atoms with E-state index in [2.05, 4.69) is 17.1 Å². The maximum atomic E-state index is 13.4. The number of ketones is 2. The number of amides is 1. The molecule has 0 aromatic heterocycles. The molecular weight excluding hydrogens is 528 g/mol. The molecule has 1 heterocycles. The van der Waals surface area contributed by atoms with Crippen LogP contribution in [0.2, 0.25) is 5.02 Å². The average Bonchev–Trinajstić information content (AvgIpc) is 2.93. The lowest BCUT2D eigenvalue weighted by atomic mass is 9.71. The van der Waals surface area contributed by atoms with Crippen LogP contribution in [-0.4, -0.2) is 42.1 Å². The number of benzene rings is 2. The van der Waals surface area contributed by atoms with Gasteiger partial charge in [-0.05, 0) is 75.8 Å². The van der Waals surface area contributed by atoms with E-state index in [4.69, 9.17) is 21.1 Å². The number of Topliss-reactive ketones (excluding diaryl/α,β-unsaturated/α-hetero) is 2. The highest BCUT2D eigenvalue weighted by Crippen LogP contribution is 2.51. The molecule has 8 heteroatoms. The molecule has 0 saturated heterocycles. The molecule has 2 aromatic carbocycles. The van der Waals surface area contributed by atoms with Crippen molar-refractivity contribution < 1.29 is 23.9 Å². The Morgan fingerprint density at radius 1 is 0.975 bits per heavy atom. The maximum Gasteiger partial charge on any atom is 0.262 e. The average molecular weight is 563 g/mol. The number of rotatable bonds is 8. The summed E-state index contributed by atoms with van der Waals surface area (Å²) in [7, 11) is 0. The minimum Gasteiger partial charge on any atom is -0.490 e. The molecule has 2 aliphatic carbocycles. The quantitative estimate of drug-likeness (QED) is 0.395. The molecule has 0 atom stereocenters. The Morgan fingerprint density at radius 3 is 2.23 bits per heavy atom. The van der Waals surface area contributed by atoms with Crippen molar-refractivity contribution in [2.75, 3.05) is 25.1 Å². The van der Waals surface area contributed by atoms with Crippen molar-refractivity contribution in [2.45, 2.75) is 65.2 Å². The summed E-state index contributed by atoms with van der Waals surface area (Å²) in [5.74, 6) is -0.0275. The highest BCUT2D eigenvalue weighted by atomic mass is 35.5. The van der Waals surface area contributed by atoms with E-state index >= 15 is 0 Å². The Labute approximate surface area is 240 Å². The fourth-order valence-corrected chi connectivity index (χ4v) is 6.40. The second kappa shape index (κ2) is 11.9. The van der Waals surface area contributed by atoms with Crippen LogP contribution < -0.4 is 14.8 Å². The zero-order valence-electron chi connectivity index (χ0n) is 23.3. The third kappa shape index (κ3) is 5.27. The Morgan fingerprint density at radius 2 is 1.62 bits per heavy atom. The summed E-state index contributed by atoms with van der Waals surface area (Å²) in [6.07, 6.45) is 4.15. The summed E-state index contributed by atoms with van der Waals surface area (Å²) >= 11 is 6.79. The molecule has 3 aliphatic rings. The molecule has 0 bridgehead atoms. The van der Waals surface area contributed by atoms with Crippen LogP contribution >= 0.6 is 11.6 Å². The zero-order valence-corrected chi connectivity index (χ0v) is 24.0. The van der Waals surface area contributed by atoms with Crippen molar-refractivity contribution in [3.05, 3.63) is 75.1 Å². The van der Waals surface area contributed by atoms with E-state index in [0.717, 1.165) is 48.2 Å². The van der Waals surface area contributed by atoms with Crippen LogP contribution in [0.25, 0.3) is 0 Å². The molecule has 7 nitrogen and oxygen atoms in total. The first-order valence-corrected chi connectivity index (χ1v) is 14.5. The first-order chi connectivity index (χ1) is 19.3. The highest BCUT2D eigenvalue weighted by Gasteiger charge is 2.43. The van der Waals surface area contributed by atoms with Gasteiger partial charge in [0.2, 0.25) is 0 Å². The number of carbonyl (C=O) groups is 3. The number of para-hydroxylation sites is 1. The fourth-order valence-electron chi connectivity index (χ4n) is 6.13. The highest BCUT2D eigenvalue weighted by molar-refractivity contribution is 6.32. The van der Waals surface area contributed by atoms with Gasteiger partial charge in [-0.3, -0.25) is 14.4 Å². The molecule has 0 radical (unpaired) electrons. The third-order valence-corrected chi connectivity index (χ3v) is 8.12. The predicted octanol–water partition coefficient (Wildman–Crippen LogP) is 6.50. The van der Waals surface area contributed by atoms with Crippen LogP contribution in [0.1, 0.15) is 69.4 Å². The predicted molar refractivity (Wildman–Crippen MR) is 155 cm³/mol. The summed E-state index contributed by atoms with van der Waals surface area (Å²) in [5, 5.41) is 3.12. The smallest absolute Gasteiger partial charge is 0.262 e. The lowest BCUT2D eigenvalue weighted by Crippen LogP contribution is -2.39. The number of anilines is 1. The Hall–Kier alpha value is -3.58. The number of hydrogen-bond acceptors (Lipinski definition) is 6. The number of ether oxygens (including phenoxy) is 2. The third-order valence-electron chi connectivity index (χ3n) is 7.83. The lowest BCUT2D eigenvalue weighted by Gasteiger charge is -2.43. The van der Waals surface area contributed by atoms with Crippen LogP contribution in [-0.2, 0) is 14.4 Å². The Bertz CT molecular complexity index is 1380. The van der Waals surface area contributed by atoms with Crippen molar-refractivity contribution in [2.24, 2.45) is 0 Å². The van der Waals surface area contributed by atoms with Crippen molar-refractivity contribution >= 4 is 34.8 Å². The van der Waals surface area contributed by atoms with E-state index in [9.17, 15) is 14.4 Å². The van der Waals surface area contributed by atoms with Crippen LogP contribution in [0.4, 0.5) is 5.69 Å². The summed E-state index contributed by atoms with van der Waals surface area (Å²) in [6, 6.07) is 11.1. The fraction of sp³-hybridized carbons (Fsp3) is 0.406. The number of carbonyl (C=O) groups excluding carboxylic acids is 3. The molecule has 210 valence electrons. The van der Waals surface area contributed by atoms with Gasteiger partial charge in [-0.1, -0.05) is 29.8 Å². The molecule has 1 aliphatic heterocycles. The lowest BCUT2D eigenvalue weighted by molar-refractivity contribution is -0.118. The Kier molecular flexibility index (Phi) is 8.31. The molecule has 1 amide bonds. The van der Waals surface area contributed by atoms with Gasteiger partial charge in [0.15, 0.2) is 29.7 Å². The topological polar surface area (TPSA) is 84.9 Å². The van der Waals surface area contributed by atoms with Crippen molar-refractivity contribution in [1.29, 1.82) is 0 Å². The maximum absolute atomic E-state index is 13.4. The van der Waals surface area contributed by atoms with Gasteiger partial charge in [0.05, 0.1) is 11.6 Å². The molecule has 0 unspecified atom stereocenters. The van der Waals surface area contributed by atoms with Gasteiger partial charge in [-0.15, -0.1) is 0 Å². The largest absolute Gasteiger partial charge is 0.490 e. The second-order valence-corrected chi connectivity index (χ2v) is 10.8. The summed E-state index contributed by atoms with van der Waals surface area (Å²) in [5.41, 5.74) is 5.84. The number of nitrogens with one attached hydrogen (secondary N) is 1. The number of halogens is 1. The first-order valence-electron chi connectivity index (χ1n) is 14.1. The van der Waals surface area contributed by atoms with E-state index < -0.39 is 5.92 Å². The van der Waals surface area contributed by atoms with Crippen LogP contribution in [0.3, 0.4) is 0 Å². The van der Waals surface area contributed by atoms with Gasteiger partial charge < -0.3 is 19.7 Å². The monoisotopic (exact) mass is 562 g/mol. The Balaban J connectivity index is 1.52. The number of nitrogens with zero attached hydrogens (tertiary/aromatic N) is 1. The number of aryl methyl sites for hydroxylation is 1. The van der Waals surface area contributed by atoms with Gasteiger partial charge in [-0.2, -0.15) is 0 Å². The zero-order chi connectivity index (χ0) is 28.4. The molecule has 0 saturated carbocycles. The standard InChI is InChI=1S/C32H35ClN2O5/c1-4-35-23-12-8-14-25(36)30(23)29(31-24(35)13-9-15-26(31)37)20-16-21(33)32(27(17-20)39-5-2)40-18-28(38)34-22-11-7-6-10-19(22)3/h6-7,10-11,16-17,29H,4-5,8-9,12-15,18H2,1-3H3,(H,34,38). The number of hydrogen-bond donors (Lipinski definition) is 1. The molecular formula is C32H35ClN2O5. The summed E-state index contributed by atoms with van der Waals surface area (Å²) in [6.45, 7) is 6.64. The van der Waals surface area contributed by atoms with Crippen LogP contribution in [0, 0.1) is 6.92 Å². The van der Waals surface area contributed by atoms with Gasteiger partial charge >= 0.3 is 0 Å². The van der Waals surface area contributed by atoms with Gasteiger partial charge in [0.1, 0.15) is 0 Å². The number of allylic oxidation sites excluding steroid dienone is 4. The van der Waals surface area contributed by atoms with Crippen LogP contribution in [0.5, 0.6) is 11.5 Å². The summed E-state index contributed by atoms with van der Waals surface area (Å²) < 4.78 is 11.8. The molecule has 0 spiro atoms. The minimum absolute atomic E-state index is 0.0805. The van der Waals surface area contributed by atoms with Crippen molar-refractivity contribution in [3.63, 3.8) is 0 Å². The minimum atomic E-state index is -0.497. The van der Waals surface area contributed by atoms with Crippen molar-refractivity contribution in [3.8, 4) is 11.5 Å². The van der Waals surface area contributed by atoms with E-state index in [1.54, 1.807) is 6.07 Å². The molecule has 5 rings (SSSR count). The normalized spacial score (nSPS) is 17.6. The summed E-state index contributed by atoms with van der Waals surface area (Å²) in [4.78, 5) is 41.7. The van der Waals surface area contributed by atoms with E-state index in [-0.39, 0.29) is 34.9 Å². The first kappa shape index (κ1) is 28.0. The SMILES string of the molecule is CCOc1cc(C2C3=C(CCCC3=O)N(CC)C3=C2C(=O)CCC3)cc(Cl)c1OCC(=O)Nc1ccccc1C. The van der Waals surface area contributed by atoms with E-state index in [0.29, 0.717) is 48.6 Å². The van der Waals surface area contributed by atoms with Gasteiger partial charge in [0.25, 0.3) is 5.91 Å². The van der Waals surface area contributed by atoms with Gasteiger partial charge in [0, 0.05) is 53.5 Å². The second-order valence-electron chi connectivity index (χ2n) is 10.4. The molecule has 1 N–H and O–H groups in total. The molecule has 0 fully saturated rings. The van der Waals surface area contributed by atoms with Crippen molar-refractivity contribution in [1.82, 2.24) is 4.90 Å².